The highest BCUT2D eigenvalue weighted by Gasteiger charge is 2.10. The van der Waals surface area contributed by atoms with Crippen LogP contribution in [-0.2, 0) is 11.2 Å². The number of nitrogens with two attached hydrogens (primary N) is 1. The predicted molar refractivity (Wildman–Crippen MR) is 63.8 cm³/mol. The molecule has 0 aromatic heterocycles. The zero-order valence-corrected chi connectivity index (χ0v) is 9.65. The molecule has 0 aliphatic rings. The van der Waals surface area contributed by atoms with Crippen molar-refractivity contribution in [2.75, 3.05) is 6.61 Å². The molecule has 1 aromatic carbocycles. The lowest BCUT2D eigenvalue weighted by atomic mass is 10.1. The number of rotatable bonds is 6. The van der Waals surface area contributed by atoms with Gasteiger partial charge in [0, 0.05) is 6.04 Å². The molecule has 2 atom stereocenters. The zero-order valence-electron chi connectivity index (χ0n) is 9.65. The van der Waals surface area contributed by atoms with Crippen LogP contribution in [0.4, 0.5) is 0 Å². The van der Waals surface area contributed by atoms with E-state index < -0.39 is 0 Å². The van der Waals surface area contributed by atoms with Gasteiger partial charge in [-0.05, 0) is 25.3 Å². The summed E-state index contributed by atoms with van der Waals surface area (Å²) in [6.45, 7) is 4.87. The van der Waals surface area contributed by atoms with Crippen molar-refractivity contribution in [3.8, 4) is 0 Å². The summed E-state index contributed by atoms with van der Waals surface area (Å²) in [5.74, 6) is 0. The van der Waals surface area contributed by atoms with E-state index in [4.69, 9.17) is 10.5 Å². The minimum absolute atomic E-state index is 0.152. The van der Waals surface area contributed by atoms with Crippen molar-refractivity contribution in [2.24, 2.45) is 5.73 Å². The maximum atomic E-state index is 5.87. The Labute approximate surface area is 92.4 Å². The molecule has 2 unspecified atom stereocenters. The van der Waals surface area contributed by atoms with Crippen molar-refractivity contribution in [1.29, 1.82) is 0 Å². The number of ether oxygens (including phenoxy) is 1. The quantitative estimate of drug-likeness (QED) is 0.777. The molecule has 0 radical (unpaired) electrons. The lowest BCUT2D eigenvalue weighted by molar-refractivity contribution is 0.0495. The first-order chi connectivity index (χ1) is 7.24. The van der Waals surface area contributed by atoms with Crippen LogP contribution in [0.3, 0.4) is 0 Å². The van der Waals surface area contributed by atoms with Crippen LogP contribution < -0.4 is 5.73 Å². The SMILES string of the molecule is CCC(N)C(C)OCCc1ccccc1. The minimum Gasteiger partial charge on any atom is -0.377 e. The first-order valence-corrected chi connectivity index (χ1v) is 5.65. The van der Waals surface area contributed by atoms with Gasteiger partial charge in [-0.1, -0.05) is 37.3 Å². The average Bonchev–Trinajstić information content (AvgIpc) is 2.29. The molecule has 0 spiro atoms. The Morgan fingerprint density at radius 2 is 1.93 bits per heavy atom. The largest absolute Gasteiger partial charge is 0.377 e. The van der Waals surface area contributed by atoms with Gasteiger partial charge in [-0.3, -0.25) is 0 Å². The van der Waals surface area contributed by atoms with Crippen LogP contribution in [0, 0.1) is 0 Å². The second-order valence-corrected chi connectivity index (χ2v) is 3.88. The standard InChI is InChI=1S/C13H21NO/c1-3-13(14)11(2)15-10-9-12-7-5-4-6-8-12/h4-8,11,13H,3,9-10,14H2,1-2H3. The van der Waals surface area contributed by atoms with Gasteiger partial charge in [0.2, 0.25) is 0 Å². The summed E-state index contributed by atoms with van der Waals surface area (Å²) in [6.07, 6.45) is 2.08. The maximum absolute atomic E-state index is 5.87. The van der Waals surface area contributed by atoms with Gasteiger partial charge in [0.1, 0.15) is 0 Å². The Hall–Kier alpha value is -0.860. The van der Waals surface area contributed by atoms with Crippen molar-refractivity contribution >= 4 is 0 Å². The third-order valence-electron chi connectivity index (χ3n) is 2.69. The number of hydrogen-bond acceptors (Lipinski definition) is 2. The Balaban J connectivity index is 2.22. The molecular formula is C13H21NO. The normalized spacial score (nSPS) is 14.9. The van der Waals surface area contributed by atoms with Crippen LogP contribution >= 0.6 is 0 Å². The van der Waals surface area contributed by atoms with Gasteiger partial charge in [-0.2, -0.15) is 0 Å². The van der Waals surface area contributed by atoms with E-state index in [2.05, 4.69) is 31.2 Å². The fourth-order valence-corrected chi connectivity index (χ4v) is 1.46. The molecule has 84 valence electrons. The molecule has 0 amide bonds. The Morgan fingerprint density at radius 1 is 1.27 bits per heavy atom. The molecule has 2 heteroatoms. The number of hydrogen-bond donors (Lipinski definition) is 1. The molecule has 0 heterocycles. The highest BCUT2D eigenvalue weighted by atomic mass is 16.5. The predicted octanol–water partition coefficient (Wildman–Crippen LogP) is 2.37. The molecule has 0 saturated carbocycles. The highest BCUT2D eigenvalue weighted by molar-refractivity contribution is 5.14. The van der Waals surface area contributed by atoms with Gasteiger partial charge >= 0.3 is 0 Å². The molecule has 0 saturated heterocycles. The van der Waals surface area contributed by atoms with E-state index in [-0.39, 0.29) is 12.1 Å². The first-order valence-electron chi connectivity index (χ1n) is 5.65. The van der Waals surface area contributed by atoms with E-state index >= 15 is 0 Å². The molecule has 0 fully saturated rings. The summed E-state index contributed by atoms with van der Waals surface area (Å²) in [6, 6.07) is 10.5. The van der Waals surface area contributed by atoms with Crippen LogP contribution in [0.15, 0.2) is 30.3 Å². The van der Waals surface area contributed by atoms with Crippen LogP contribution in [0.1, 0.15) is 25.8 Å². The van der Waals surface area contributed by atoms with Crippen molar-refractivity contribution in [2.45, 2.75) is 38.8 Å². The molecule has 15 heavy (non-hydrogen) atoms. The van der Waals surface area contributed by atoms with E-state index in [1.165, 1.54) is 5.56 Å². The molecule has 2 N–H and O–H groups in total. The third kappa shape index (κ3) is 4.45. The lowest BCUT2D eigenvalue weighted by Gasteiger charge is -2.18. The van der Waals surface area contributed by atoms with E-state index in [0.29, 0.717) is 0 Å². The monoisotopic (exact) mass is 207 g/mol. The average molecular weight is 207 g/mol. The maximum Gasteiger partial charge on any atom is 0.0697 e. The van der Waals surface area contributed by atoms with Crippen LogP contribution in [-0.4, -0.2) is 18.8 Å². The fraction of sp³-hybridized carbons (Fsp3) is 0.538. The lowest BCUT2D eigenvalue weighted by Crippen LogP contribution is -2.34. The van der Waals surface area contributed by atoms with Gasteiger partial charge in [-0.25, -0.2) is 0 Å². The van der Waals surface area contributed by atoms with Crippen molar-refractivity contribution in [3.05, 3.63) is 35.9 Å². The Morgan fingerprint density at radius 3 is 2.53 bits per heavy atom. The minimum atomic E-state index is 0.152. The van der Waals surface area contributed by atoms with Crippen LogP contribution in [0.5, 0.6) is 0 Å². The molecule has 0 aliphatic heterocycles. The zero-order chi connectivity index (χ0) is 11.1. The smallest absolute Gasteiger partial charge is 0.0697 e. The summed E-state index contributed by atoms with van der Waals surface area (Å²) < 4.78 is 5.67. The third-order valence-corrected chi connectivity index (χ3v) is 2.69. The van der Waals surface area contributed by atoms with Gasteiger partial charge in [0.05, 0.1) is 12.7 Å². The highest BCUT2D eigenvalue weighted by Crippen LogP contribution is 2.03. The van der Waals surface area contributed by atoms with Crippen LogP contribution in [0.2, 0.25) is 0 Å². The molecular weight excluding hydrogens is 186 g/mol. The van der Waals surface area contributed by atoms with E-state index in [1.54, 1.807) is 0 Å². The van der Waals surface area contributed by atoms with E-state index in [1.807, 2.05) is 13.0 Å². The summed E-state index contributed by atoms with van der Waals surface area (Å²) in [5, 5.41) is 0. The van der Waals surface area contributed by atoms with Crippen molar-refractivity contribution in [1.82, 2.24) is 0 Å². The van der Waals surface area contributed by atoms with Gasteiger partial charge in [0.25, 0.3) is 0 Å². The molecule has 0 bridgehead atoms. The Bertz CT molecular complexity index is 260. The van der Waals surface area contributed by atoms with Crippen LogP contribution in [0.25, 0.3) is 0 Å². The molecule has 1 rings (SSSR count). The van der Waals surface area contributed by atoms with Crippen molar-refractivity contribution < 1.29 is 4.74 Å². The van der Waals surface area contributed by atoms with Gasteiger partial charge < -0.3 is 10.5 Å². The summed E-state index contributed by atoms with van der Waals surface area (Å²) in [5.41, 5.74) is 7.19. The second kappa shape index (κ2) is 6.59. The summed E-state index contributed by atoms with van der Waals surface area (Å²) >= 11 is 0. The Kier molecular flexibility index (Phi) is 5.37. The van der Waals surface area contributed by atoms with Crippen molar-refractivity contribution in [3.63, 3.8) is 0 Å². The van der Waals surface area contributed by atoms with Gasteiger partial charge in [-0.15, -0.1) is 0 Å². The molecule has 0 aliphatic carbocycles. The summed E-state index contributed by atoms with van der Waals surface area (Å²) in [4.78, 5) is 0. The number of benzene rings is 1. The molecule has 1 aromatic rings. The topological polar surface area (TPSA) is 35.2 Å². The first kappa shape index (κ1) is 12.2. The van der Waals surface area contributed by atoms with E-state index in [0.717, 1.165) is 19.4 Å². The second-order valence-electron chi connectivity index (χ2n) is 3.88. The molecule has 2 nitrogen and oxygen atoms in total. The van der Waals surface area contributed by atoms with Gasteiger partial charge in [0.15, 0.2) is 0 Å². The fourth-order valence-electron chi connectivity index (χ4n) is 1.46. The summed E-state index contributed by atoms with van der Waals surface area (Å²) in [7, 11) is 0. The van der Waals surface area contributed by atoms with E-state index in [9.17, 15) is 0 Å².